The maximum absolute atomic E-state index is 12.6. The van der Waals surface area contributed by atoms with E-state index in [2.05, 4.69) is 34.6 Å². The van der Waals surface area contributed by atoms with E-state index in [4.69, 9.17) is 4.74 Å². The lowest BCUT2D eigenvalue weighted by molar-refractivity contribution is 0.247. The van der Waals surface area contributed by atoms with Gasteiger partial charge < -0.3 is 15.4 Å². The average molecular weight is 379 g/mol. The van der Waals surface area contributed by atoms with Gasteiger partial charge in [-0.3, -0.25) is 0 Å². The van der Waals surface area contributed by atoms with Gasteiger partial charge in [0.05, 0.1) is 31.2 Å². The third-order valence-corrected chi connectivity index (χ3v) is 5.04. The lowest BCUT2D eigenvalue weighted by atomic mass is 10.0. The molecule has 7 nitrogen and oxygen atoms in total. The topological polar surface area (TPSA) is 81.1 Å². The monoisotopic (exact) mass is 379 g/mol. The largest absolute Gasteiger partial charge is 0.497 e. The van der Waals surface area contributed by atoms with E-state index in [0.717, 1.165) is 35.2 Å². The lowest BCUT2D eigenvalue weighted by Gasteiger charge is -2.19. The van der Waals surface area contributed by atoms with E-state index in [1.54, 1.807) is 19.5 Å². The van der Waals surface area contributed by atoms with Crippen molar-refractivity contribution in [2.24, 2.45) is 5.92 Å². The quantitative estimate of drug-likeness (QED) is 0.669. The van der Waals surface area contributed by atoms with E-state index < -0.39 is 0 Å². The van der Waals surface area contributed by atoms with Crippen molar-refractivity contribution >= 4 is 22.8 Å². The van der Waals surface area contributed by atoms with Crippen LogP contribution in [0.3, 0.4) is 0 Å². The van der Waals surface area contributed by atoms with Crippen LogP contribution >= 0.6 is 0 Å². The summed E-state index contributed by atoms with van der Waals surface area (Å²) in [5, 5.41) is 11.3. The summed E-state index contributed by atoms with van der Waals surface area (Å²) >= 11 is 0. The predicted molar refractivity (Wildman–Crippen MR) is 109 cm³/mol. The van der Waals surface area contributed by atoms with Gasteiger partial charge in [0, 0.05) is 11.4 Å². The summed E-state index contributed by atoms with van der Waals surface area (Å²) in [5.41, 5.74) is 2.55. The first kappa shape index (κ1) is 18.3. The number of nitrogens with zero attached hydrogens (tertiary/aromatic N) is 3. The molecule has 2 heterocycles. The molecule has 146 valence electrons. The number of pyridine rings is 1. The molecule has 1 saturated carbocycles. The molecule has 7 heteroatoms. The number of aromatic nitrogens is 3. The predicted octanol–water partition coefficient (Wildman–Crippen LogP) is 4.29. The summed E-state index contributed by atoms with van der Waals surface area (Å²) < 4.78 is 7.09. The first-order chi connectivity index (χ1) is 13.5. The zero-order valence-electron chi connectivity index (χ0n) is 16.3. The smallest absolute Gasteiger partial charge is 0.319 e. The molecule has 0 radical (unpaired) electrons. The van der Waals surface area contributed by atoms with Crippen LogP contribution in [-0.2, 0) is 0 Å². The van der Waals surface area contributed by atoms with Gasteiger partial charge >= 0.3 is 6.03 Å². The molecule has 0 saturated heterocycles. The highest BCUT2D eigenvalue weighted by Gasteiger charge is 2.33. The van der Waals surface area contributed by atoms with E-state index in [-0.39, 0.29) is 18.1 Å². The van der Waals surface area contributed by atoms with E-state index >= 15 is 0 Å². The van der Waals surface area contributed by atoms with Gasteiger partial charge in [-0.2, -0.15) is 5.10 Å². The molecule has 1 atom stereocenters. The van der Waals surface area contributed by atoms with Crippen LogP contribution in [0.15, 0.2) is 42.7 Å². The highest BCUT2D eigenvalue weighted by molar-refractivity contribution is 5.91. The second kappa shape index (κ2) is 7.50. The minimum Gasteiger partial charge on any atom is -0.497 e. The zero-order chi connectivity index (χ0) is 19.7. The Labute approximate surface area is 164 Å². The van der Waals surface area contributed by atoms with Crippen LogP contribution in [0.2, 0.25) is 0 Å². The van der Waals surface area contributed by atoms with Gasteiger partial charge in [0.1, 0.15) is 5.75 Å². The lowest BCUT2D eigenvalue weighted by Crippen LogP contribution is -2.33. The normalized spacial score (nSPS) is 14.9. The standard InChI is InChI=1S/C21H25N5O2/c1-13(2)26-20-16(11-23-26)10-17(12-22-20)24-21(27)25-19(14-4-5-14)15-6-8-18(28-3)9-7-15/h6-14,19H,4-5H2,1-3H3,(H2,24,25,27)/t19-/m1/s1. The number of fused-ring (bicyclic) bond motifs is 1. The molecule has 1 aliphatic rings. The van der Waals surface area contributed by atoms with Crippen LogP contribution in [-0.4, -0.2) is 27.9 Å². The van der Waals surface area contributed by atoms with Gasteiger partial charge in [0.2, 0.25) is 0 Å². The third-order valence-electron chi connectivity index (χ3n) is 5.04. The number of carbonyl (C=O) groups is 1. The summed E-state index contributed by atoms with van der Waals surface area (Å²) in [5.74, 6) is 1.29. The number of methoxy groups -OCH3 is 1. The second-order valence-corrected chi connectivity index (χ2v) is 7.51. The molecule has 4 rings (SSSR count). The molecule has 0 spiro atoms. The first-order valence-electron chi connectivity index (χ1n) is 9.60. The van der Waals surface area contributed by atoms with E-state index in [1.807, 2.05) is 35.0 Å². The molecule has 3 aromatic rings. The number of anilines is 1. The number of benzene rings is 1. The maximum Gasteiger partial charge on any atom is 0.319 e. The summed E-state index contributed by atoms with van der Waals surface area (Å²) in [6, 6.07) is 9.76. The molecule has 28 heavy (non-hydrogen) atoms. The van der Waals surface area contributed by atoms with Gasteiger partial charge in [-0.05, 0) is 56.4 Å². The second-order valence-electron chi connectivity index (χ2n) is 7.51. The van der Waals surface area contributed by atoms with Gasteiger partial charge in [-0.15, -0.1) is 0 Å². The number of nitrogens with one attached hydrogen (secondary N) is 2. The number of urea groups is 1. The molecular weight excluding hydrogens is 354 g/mol. The molecule has 1 aliphatic carbocycles. The number of carbonyl (C=O) groups excluding carboxylic acids is 1. The SMILES string of the molecule is COc1ccc([C@H](NC(=O)Nc2cnc3c(cnn3C(C)C)c2)C2CC2)cc1. The van der Waals surface area contributed by atoms with Crippen molar-refractivity contribution < 1.29 is 9.53 Å². The van der Waals surface area contributed by atoms with Crippen LogP contribution in [0.25, 0.3) is 11.0 Å². The summed E-state index contributed by atoms with van der Waals surface area (Å²) in [6.07, 6.45) is 5.69. The van der Waals surface area contributed by atoms with Gasteiger partial charge in [0.25, 0.3) is 0 Å². The average Bonchev–Trinajstić information content (AvgIpc) is 3.44. The van der Waals surface area contributed by atoms with Crippen LogP contribution < -0.4 is 15.4 Å². The van der Waals surface area contributed by atoms with E-state index in [0.29, 0.717) is 11.6 Å². The molecule has 2 amide bonds. The molecule has 0 aliphatic heterocycles. The molecule has 1 fully saturated rings. The number of amides is 2. The molecule has 0 unspecified atom stereocenters. The van der Waals surface area contributed by atoms with Gasteiger partial charge in [-0.1, -0.05) is 12.1 Å². The first-order valence-corrected chi connectivity index (χ1v) is 9.60. The summed E-state index contributed by atoms with van der Waals surface area (Å²) in [4.78, 5) is 17.1. The van der Waals surface area contributed by atoms with Crippen molar-refractivity contribution in [3.8, 4) is 5.75 Å². The Kier molecular flexibility index (Phi) is 4.90. The molecular formula is C21H25N5O2. The molecule has 2 N–H and O–H groups in total. The fraction of sp³-hybridized carbons (Fsp3) is 0.381. The minimum atomic E-state index is -0.231. The van der Waals surface area contributed by atoms with Crippen molar-refractivity contribution in [3.63, 3.8) is 0 Å². The summed E-state index contributed by atoms with van der Waals surface area (Å²) in [6.45, 7) is 4.12. The fourth-order valence-corrected chi connectivity index (χ4v) is 3.41. The highest BCUT2D eigenvalue weighted by atomic mass is 16.5. The Morgan fingerprint density at radius 3 is 2.61 bits per heavy atom. The van der Waals surface area contributed by atoms with Gasteiger partial charge in [0.15, 0.2) is 5.65 Å². The Balaban J connectivity index is 1.47. The molecule has 1 aromatic carbocycles. The maximum atomic E-state index is 12.6. The van der Waals surface area contributed by atoms with Crippen molar-refractivity contribution in [2.45, 2.75) is 38.8 Å². The van der Waals surface area contributed by atoms with Crippen LogP contribution in [0.5, 0.6) is 5.75 Å². The van der Waals surface area contributed by atoms with E-state index in [1.165, 1.54) is 0 Å². The van der Waals surface area contributed by atoms with Crippen LogP contribution in [0, 0.1) is 5.92 Å². The van der Waals surface area contributed by atoms with Crippen molar-refractivity contribution in [2.75, 3.05) is 12.4 Å². The minimum absolute atomic E-state index is 0.00807. The third kappa shape index (κ3) is 3.78. The Bertz CT molecular complexity index is 976. The van der Waals surface area contributed by atoms with Crippen molar-refractivity contribution in [1.29, 1.82) is 0 Å². The van der Waals surface area contributed by atoms with Crippen LogP contribution in [0.1, 0.15) is 44.3 Å². The number of rotatable bonds is 6. The molecule has 2 aromatic heterocycles. The number of ether oxygens (including phenoxy) is 1. The van der Waals surface area contributed by atoms with Crippen molar-refractivity contribution in [1.82, 2.24) is 20.1 Å². The van der Waals surface area contributed by atoms with Crippen LogP contribution in [0.4, 0.5) is 10.5 Å². The fourth-order valence-electron chi connectivity index (χ4n) is 3.41. The van der Waals surface area contributed by atoms with Gasteiger partial charge in [-0.25, -0.2) is 14.5 Å². The Morgan fingerprint density at radius 1 is 1.21 bits per heavy atom. The zero-order valence-corrected chi connectivity index (χ0v) is 16.3. The Hall–Kier alpha value is -3.09. The molecule has 0 bridgehead atoms. The number of hydrogen-bond acceptors (Lipinski definition) is 4. The summed E-state index contributed by atoms with van der Waals surface area (Å²) in [7, 11) is 1.65. The highest BCUT2D eigenvalue weighted by Crippen LogP contribution is 2.41. The van der Waals surface area contributed by atoms with E-state index in [9.17, 15) is 4.79 Å². The van der Waals surface area contributed by atoms with Crippen molar-refractivity contribution in [3.05, 3.63) is 48.3 Å². The number of hydrogen-bond donors (Lipinski definition) is 2. The Morgan fingerprint density at radius 2 is 1.96 bits per heavy atom.